The SMILES string of the molecule is CC(C)(C)c1cc(C(C)(C)C)c(PC#Cc2cccs2)c(C(C)(C)C)c1. The monoisotopic (exact) mass is 384 g/mol. The van der Waals surface area contributed by atoms with Crippen LogP contribution in [0, 0.1) is 11.6 Å². The molecule has 1 heterocycles. The average Bonchev–Trinajstić information content (AvgIpc) is 2.97. The van der Waals surface area contributed by atoms with Crippen molar-refractivity contribution in [2.75, 3.05) is 0 Å². The summed E-state index contributed by atoms with van der Waals surface area (Å²) in [6.07, 6.45) is 0. The van der Waals surface area contributed by atoms with Gasteiger partial charge in [0.2, 0.25) is 0 Å². The van der Waals surface area contributed by atoms with Crippen LogP contribution in [0.5, 0.6) is 0 Å². The number of benzene rings is 1. The molecule has 0 saturated carbocycles. The zero-order valence-electron chi connectivity index (χ0n) is 17.8. The molecule has 1 aromatic carbocycles. The number of hydrogen-bond donors (Lipinski definition) is 0. The van der Waals surface area contributed by atoms with Gasteiger partial charge in [0.15, 0.2) is 0 Å². The summed E-state index contributed by atoms with van der Waals surface area (Å²) in [6, 6.07) is 9.03. The highest BCUT2D eigenvalue weighted by Gasteiger charge is 2.28. The Kier molecular flexibility index (Phi) is 6.12. The van der Waals surface area contributed by atoms with Crippen molar-refractivity contribution in [3.63, 3.8) is 0 Å². The smallest absolute Gasteiger partial charge is 0.0771 e. The molecule has 140 valence electrons. The number of hydrogen-bond acceptors (Lipinski definition) is 1. The Morgan fingerprint density at radius 1 is 0.808 bits per heavy atom. The zero-order chi connectivity index (χ0) is 19.8. The second-order valence-electron chi connectivity index (χ2n) is 10.0. The molecular weight excluding hydrogens is 351 g/mol. The summed E-state index contributed by atoms with van der Waals surface area (Å²) in [4.78, 5) is 1.15. The Hall–Kier alpha value is -1.09. The normalized spacial score (nSPS) is 13.1. The molecule has 1 aromatic heterocycles. The van der Waals surface area contributed by atoms with Crippen LogP contribution in [0.1, 0.15) is 83.9 Å². The van der Waals surface area contributed by atoms with Gasteiger partial charge < -0.3 is 0 Å². The maximum atomic E-state index is 3.48. The van der Waals surface area contributed by atoms with Gasteiger partial charge in [-0.2, -0.15) is 0 Å². The first-order valence-corrected chi connectivity index (χ1v) is 11.2. The van der Waals surface area contributed by atoms with Gasteiger partial charge in [0.1, 0.15) is 0 Å². The predicted octanol–water partition coefficient (Wildman–Crippen LogP) is 6.95. The molecule has 26 heavy (non-hydrogen) atoms. The lowest BCUT2D eigenvalue weighted by molar-refractivity contribution is 0.554. The van der Waals surface area contributed by atoms with Gasteiger partial charge in [-0.15, -0.1) is 11.3 Å². The molecular formula is C24H33PS. The topological polar surface area (TPSA) is 0 Å². The van der Waals surface area contributed by atoms with Crippen molar-refractivity contribution in [1.29, 1.82) is 0 Å². The molecule has 0 spiro atoms. The maximum Gasteiger partial charge on any atom is 0.0771 e. The maximum absolute atomic E-state index is 3.48. The molecule has 0 fully saturated rings. The van der Waals surface area contributed by atoms with Crippen molar-refractivity contribution in [2.24, 2.45) is 0 Å². The van der Waals surface area contributed by atoms with E-state index in [-0.39, 0.29) is 16.2 Å². The first-order valence-electron chi connectivity index (χ1n) is 9.30. The highest BCUT2D eigenvalue weighted by Crippen LogP contribution is 2.36. The Bertz CT molecular complexity index is 775. The third-order valence-corrected chi connectivity index (χ3v) is 6.34. The Morgan fingerprint density at radius 3 is 1.73 bits per heavy atom. The zero-order valence-corrected chi connectivity index (χ0v) is 19.6. The van der Waals surface area contributed by atoms with Crippen molar-refractivity contribution in [3.05, 3.63) is 51.2 Å². The summed E-state index contributed by atoms with van der Waals surface area (Å²) in [5, 5.41) is 3.54. The minimum Gasteiger partial charge on any atom is -0.135 e. The van der Waals surface area contributed by atoms with Gasteiger partial charge in [0.25, 0.3) is 0 Å². The van der Waals surface area contributed by atoms with Crippen LogP contribution >= 0.6 is 19.9 Å². The van der Waals surface area contributed by atoms with E-state index in [0.29, 0.717) is 8.58 Å². The van der Waals surface area contributed by atoms with Crippen molar-refractivity contribution in [1.82, 2.24) is 0 Å². The van der Waals surface area contributed by atoms with E-state index in [4.69, 9.17) is 0 Å². The molecule has 0 aliphatic heterocycles. The molecule has 1 atom stereocenters. The van der Waals surface area contributed by atoms with Gasteiger partial charge in [-0.3, -0.25) is 0 Å². The lowest BCUT2D eigenvalue weighted by Crippen LogP contribution is -2.30. The number of rotatable bonds is 1. The minimum absolute atomic E-state index is 0.105. The molecule has 0 bridgehead atoms. The Balaban J connectivity index is 2.66. The van der Waals surface area contributed by atoms with Gasteiger partial charge in [0.05, 0.1) is 4.88 Å². The summed E-state index contributed by atoms with van der Waals surface area (Å²) in [6.45, 7) is 20.8. The predicted molar refractivity (Wildman–Crippen MR) is 122 cm³/mol. The first-order chi connectivity index (χ1) is 11.8. The minimum atomic E-state index is 0.105. The number of thiophene rings is 1. The van der Waals surface area contributed by atoms with Crippen LogP contribution in [0.25, 0.3) is 0 Å². The third-order valence-electron chi connectivity index (χ3n) is 4.51. The fraction of sp³-hybridized carbons (Fsp3) is 0.500. The van der Waals surface area contributed by atoms with Crippen LogP contribution in [0.4, 0.5) is 0 Å². The van der Waals surface area contributed by atoms with E-state index < -0.39 is 0 Å². The Labute approximate surface area is 166 Å². The summed E-state index contributed by atoms with van der Waals surface area (Å²) in [5.74, 6) is 3.36. The van der Waals surface area contributed by atoms with E-state index in [9.17, 15) is 0 Å². The second-order valence-corrected chi connectivity index (χ2v) is 12.0. The molecule has 0 aliphatic rings. The quantitative estimate of drug-likeness (QED) is 0.368. The molecule has 2 heteroatoms. The van der Waals surface area contributed by atoms with Crippen LogP contribution in [0.3, 0.4) is 0 Å². The van der Waals surface area contributed by atoms with Crippen molar-refractivity contribution in [3.8, 4) is 11.6 Å². The van der Waals surface area contributed by atoms with E-state index in [1.807, 2.05) is 0 Å². The van der Waals surface area contributed by atoms with Crippen LogP contribution in [-0.2, 0) is 16.2 Å². The van der Waals surface area contributed by atoms with E-state index >= 15 is 0 Å². The van der Waals surface area contributed by atoms with Crippen LogP contribution in [-0.4, -0.2) is 0 Å². The fourth-order valence-electron chi connectivity index (χ4n) is 2.90. The van der Waals surface area contributed by atoms with Gasteiger partial charge in [-0.05, 0) is 58.3 Å². The van der Waals surface area contributed by atoms with Crippen LogP contribution < -0.4 is 5.30 Å². The van der Waals surface area contributed by atoms with Crippen LogP contribution in [0.15, 0.2) is 29.6 Å². The van der Waals surface area contributed by atoms with E-state index in [0.717, 1.165) is 4.88 Å². The van der Waals surface area contributed by atoms with E-state index in [2.05, 4.69) is 104 Å². The fourth-order valence-corrected chi connectivity index (χ4v) is 5.05. The van der Waals surface area contributed by atoms with Gasteiger partial charge in [-0.25, -0.2) is 0 Å². The molecule has 0 amide bonds. The summed E-state index contributed by atoms with van der Waals surface area (Å²) < 4.78 is 0. The largest absolute Gasteiger partial charge is 0.135 e. The van der Waals surface area contributed by atoms with Gasteiger partial charge >= 0.3 is 0 Å². The highest BCUT2D eigenvalue weighted by atomic mass is 32.1. The molecule has 2 rings (SSSR count). The molecule has 0 saturated heterocycles. The van der Waals surface area contributed by atoms with Crippen molar-refractivity contribution >= 4 is 25.2 Å². The van der Waals surface area contributed by atoms with Crippen molar-refractivity contribution in [2.45, 2.75) is 78.6 Å². The van der Waals surface area contributed by atoms with Gasteiger partial charge in [-0.1, -0.05) is 92.1 Å². The molecule has 0 radical (unpaired) electrons. The Morgan fingerprint density at radius 2 is 1.35 bits per heavy atom. The second kappa shape index (κ2) is 7.50. The lowest BCUT2D eigenvalue weighted by Gasteiger charge is -2.33. The van der Waals surface area contributed by atoms with Crippen LogP contribution in [0.2, 0.25) is 0 Å². The molecule has 0 nitrogen and oxygen atoms in total. The van der Waals surface area contributed by atoms with E-state index in [1.54, 1.807) is 11.3 Å². The molecule has 0 N–H and O–H groups in total. The lowest BCUT2D eigenvalue weighted by atomic mass is 9.75. The third kappa shape index (κ3) is 5.22. The molecule has 2 aromatic rings. The molecule has 0 aliphatic carbocycles. The highest BCUT2D eigenvalue weighted by molar-refractivity contribution is 7.53. The summed E-state index contributed by atoms with van der Waals surface area (Å²) in [5.41, 5.74) is 8.16. The average molecular weight is 385 g/mol. The standard InChI is InChI=1S/C24H33PS/c1-22(2,3)17-15-19(23(4,5)6)21(20(16-17)24(7,8)9)25-13-12-18-11-10-14-26-18/h10-11,14-16,25H,1-9H3. The summed E-state index contributed by atoms with van der Waals surface area (Å²) >= 11 is 1.71. The van der Waals surface area contributed by atoms with Crippen molar-refractivity contribution < 1.29 is 0 Å². The first kappa shape index (κ1) is 21.2. The summed E-state index contributed by atoms with van der Waals surface area (Å²) in [7, 11) is 0.513. The molecule has 1 unspecified atom stereocenters. The van der Waals surface area contributed by atoms with E-state index in [1.165, 1.54) is 22.0 Å². The van der Waals surface area contributed by atoms with Gasteiger partial charge in [0, 0.05) is 0 Å².